The summed E-state index contributed by atoms with van der Waals surface area (Å²) in [7, 11) is 0. The monoisotopic (exact) mass is 329 g/mol. The van der Waals surface area contributed by atoms with Gasteiger partial charge < -0.3 is 19.9 Å². The second-order valence-electron chi connectivity index (χ2n) is 5.37. The Hall–Kier alpha value is -2.53. The largest absolute Gasteiger partial charge is 0.491 e. The molecule has 0 atom stereocenters. The van der Waals surface area contributed by atoms with Crippen molar-refractivity contribution in [3.8, 4) is 5.75 Å². The molecule has 0 aromatic heterocycles. The SMILES string of the molecule is O=C(O)NCCCc1cccc(OCCOCc2ccccc2)c1. The number of aryl methyl sites for hydroxylation is 1. The number of hydrogen-bond donors (Lipinski definition) is 2. The maximum Gasteiger partial charge on any atom is 0.404 e. The Kier molecular flexibility index (Phi) is 7.63. The van der Waals surface area contributed by atoms with Crippen molar-refractivity contribution < 1.29 is 19.4 Å². The highest BCUT2D eigenvalue weighted by atomic mass is 16.5. The molecule has 0 saturated carbocycles. The number of ether oxygens (including phenoxy) is 2. The summed E-state index contributed by atoms with van der Waals surface area (Å²) in [5.41, 5.74) is 2.28. The van der Waals surface area contributed by atoms with E-state index in [0.29, 0.717) is 26.4 Å². The fraction of sp³-hybridized carbons (Fsp3) is 0.316. The van der Waals surface area contributed by atoms with Crippen molar-refractivity contribution in [2.45, 2.75) is 19.4 Å². The Balaban J connectivity index is 1.63. The Labute approximate surface area is 142 Å². The maximum absolute atomic E-state index is 10.4. The van der Waals surface area contributed by atoms with Gasteiger partial charge in [0.25, 0.3) is 0 Å². The van der Waals surface area contributed by atoms with Gasteiger partial charge >= 0.3 is 6.09 Å². The number of amides is 1. The highest BCUT2D eigenvalue weighted by molar-refractivity contribution is 5.64. The molecule has 0 radical (unpaired) electrons. The second-order valence-corrected chi connectivity index (χ2v) is 5.37. The Bertz CT molecular complexity index is 616. The van der Waals surface area contributed by atoms with Crippen LogP contribution in [0.25, 0.3) is 0 Å². The van der Waals surface area contributed by atoms with E-state index in [4.69, 9.17) is 14.6 Å². The van der Waals surface area contributed by atoms with E-state index in [-0.39, 0.29) is 0 Å². The zero-order valence-corrected chi connectivity index (χ0v) is 13.6. The van der Waals surface area contributed by atoms with E-state index in [9.17, 15) is 4.79 Å². The van der Waals surface area contributed by atoms with Crippen molar-refractivity contribution in [3.63, 3.8) is 0 Å². The summed E-state index contributed by atoms with van der Waals surface area (Å²) >= 11 is 0. The first kappa shape index (κ1) is 17.8. The predicted octanol–water partition coefficient (Wildman–Crippen LogP) is 3.48. The van der Waals surface area contributed by atoms with Gasteiger partial charge in [-0.2, -0.15) is 0 Å². The van der Waals surface area contributed by atoms with Gasteiger partial charge in [0.15, 0.2) is 0 Å². The van der Waals surface area contributed by atoms with Crippen LogP contribution in [0, 0.1) is 0 Å². The van der Waals surface area contributed by atoms with Gasteiger partial charge in [0.1, 0.15) is 12.4 Å². The molecule has 24 heavy (non-hydrogen) atoms. The van der Waals surface area contributed by atoms with Crippen LogP contribution in [-0.2, 0) is 17.8 Å². The zero-order valence-electron chi connectivity index (χ0n) is 13.6. The molecule has 0 heterocycles. The zero-order chi connectivity index (χ0) is 17.0. The number of carboxylic acid groups (broad SMARTS) is 1. The lowest BCUT2D eigenvalue weighted by Gasteiger charge is -2.09. The van der Waals surface area contributed by atoms with E-state index in [1.54, 1.807) is 0 Å². The molecule has 0 aliphatic carbocycles. The van der Waals surface area contributed by atoms with Crippen molar-refractivity contribution in [2.75, 3.05) is 19.8 Å². The lowest BCUT2D eigenvalue weighted by molar-refractivity contribution is 0.0889. The van der Waals surface area contributed by atoms with E-state index in [2.05, 4.69) is 5.32 Å². The fourth-order valence-corrected chi connectivity index (χ4v) is 2.26. The summed E-state index contributed by atoms with van der Waals surface area (Å²) in [6, 6.07) is 17.9. The predicted molar refractivity (Wildman–Crippen MR) is 92.4 cm³/mol. The van der Waals surface area contributed by atoms with Crippen LogP contribution in [0.3, 0.4) is 0 Å². The summed E-state index contributed by atoms with van der Waals surface area (Å²) in [4.78, 5) is 10.4. The molecular weight excluding hydrogens is 306 g/mol. The van der Waals surface area contributed by atoms with Crippen molar-refractivity contribution in [1.29, 1.82) is 0 Å². The van der Waals surface area contributed by atoms with E-state index < -0.39 is 6.09 Å². The van der Waals surface area contributed by atoms with Gasteiger partial charge in [-0.1, -0.05) is 42.5 Å². The fourth-order valence-electron chi connectivity index (χ4n) is 2.26. The van der Waals surface area contributed by atoms with E-state index in [1.807, 2.05) is 54.6 Å². The van der Waals surface area contributed by atoms with E-state index in [1.165, 1.54) is 0 Å². The van der Waals surface area contributed by atoms with Crippen molar-refractivity contribution >= 4 is 6.09 Å². The molecule has 0 fully saturated rings. The van der Waals surface area contributed by atoms with E-state index >= 15 is 0 Å². The lowest BCUT2D eigenvalue weighted by atomic mass is 10.1. The van der Waals surface area contributed by atoms with Gasteiger partial charge in [0, 0.05) is 6.54 Å². The molecule has 0 bridgehead atoms. The van der Waals surface area contributed by atoms with Gasteiger partial charge in [0.05, 0.1) is 13.2 Å². The van der Waals surface area contributed by atoms with Gasteiger partial charge in [-0.05, 0) is 36.1 Å². The normalized spacial score (nSPS) is 10.3. The third-order valence-electron chi connectivity index (χ3n) is 3.42. The van der Waals surface area contributed by atoms with Crippen LogP contribution >= 0.6 is 0 Å². The summed E-state index contributed by atoms with van der Waals surface area (Å²) in [6.07, 6.45) is 0.584. The van der Waals surface area contributed by atoms with Crippen molar-refractivity contribution in [2.24, 2.45) is 0 Å². The first-order valence-corrected chi connectivity index (χ1v) is 8.04. The molecular formula is C19H23NO4. The molecule has 128 valence electrons. The number of benzene rings is 2. The number of nitrogens with one attached hydrogen (secondary N) is 1. The number of rotatable bonds is 10. The topological polar surface area (TPSA) is 67.8 Å². The summed E-state index contributed by atoms with van der Waals surface area (Å²) in [6.45, 7) is 2.06. The van der Waals surface area contributed by atoms with Crippen molar-refractivity contribution in [3.05, 3.63) is 65.7 Å². The average Bonchev–Trinajstić information content (AvgIpc) is 2.60. The molecule has 2 N–H and O–H groups in total. The summed E-state index contributed by atoms with van der Waals surface area (Å²) < 4.78 is 11.3. The van der Waals surface area contributed by atoms with Crippen molar-refractivity contribution in [1.82, 2.24) is 5.32 Å². The Morgan fingerprint density at radius 2 is 1.79 bits per heavy atom. The molecule has 2 aromatic carbocycles. The maximum atomic E-state index is 10.4. The van der Waals surface area contributed by atoms with Crippen LogP contribution in [0.4, 0.5) is 4.79 Å². The van der Waals surface area contributed by atoms with E-state index in [0.717, 1.165) is 29.7 Å². The molecule has 0 aliphatic rings. The third kappa shape index (κ3) is 7.15. The van der Waals surface area contributed by atoms with Crippen LogP contribution < -0.4 is 10.1 Å². The molecule has 0 spiro atoms. The average molecular weight is 329 g/mol. The minimum Gasteiger partial charge on any atom is -0.491 e. The second kappa shape index (κ2) is 10.3. The first-order valence-electron chi connectivity index (χ1n) is 8.04. The lowest BCUT2D eigenvalue weighted by Crippen LogP contribution is -2.22. The van der Waals surface area contributed by atoms with Crippen LogP contribution in [-0.4, -0.2) is 31.0 Å². The van der Waals surface area contributed by atoms with Gasteiger partial charge in [-0.15, -0.1) is 0 Å². The molecule has 0 saturated heterocycles. The summed E-state index contributed by atoms with van der Waals surface area (Å²) in [5.74, 6) is 0.807. The molecule has 2 aromatic rings. The molecule has 2 rings (SSSR count). The molecule has 5 heteroatoms. The van der Waals surface area contributed by atoms with Gasteiger partial charge in [-0.25, -0.2) is 4.79 Å². The van der Waals surface area contributed by atoms with Crippen LogP contribution in [0.5, 0.6) is 5.75 Å². The number of hydrogen-bond acceptors (Lipinski definition) is 3. The minimum absolute atomic E-state index is 0.452. The smallest absolute Gasteiger partial charge is 0.404 e. The minimum atomic E-state index is -0.984. The Morgan fingerprint density at radius 1 is 1.00 bits per heavy atom. The highest BCUT2D eigenvalue weighted by Crippen LogP contribution is 2.14. The number of carbonyl (C=O) groups is 1. The first-order chi connectivity index (χ1) is 11.7. The Morgan fingerprint density at radius 3 is 2.58 bits per heavy atom. The highest BCUT2D eigenvalue weighted by Gasteiger charge is 1.99. The molecule has 0 unspecified atom stereocenters. The quantitative estimate of drug-likeness (QED) is 0.655. The molecule has 5 nitrogen and oxygen atoms in total. The molecule has 0 aliphatic heterocycles. The van der Waals surface area contributed by atoms with Crippen LogP contribution in [0.2, 0.25) is 0 Å². The van der Waals surface area contributed by atoms with Crippen LogP contribution in [0.15, 0.2) is 54.6 Å². The standard InChI is InChI=1S/C19H23NO4/c21-19(22)20-11-5-9-16-8-4-10-18(14-16)24-13-12-23-15-17-6-2-1-3-7-17/h1-4,6-8,10,14,20H,5,9,11-13,15H2,(H,21,22). The van der Waals surface area contributed by atoms with Gasteiger partial charge in [-0.3, -0.25) is 0 Å². The van der Waals surface area contributed by atoms with Gasteiger partial charge in [0.2, 0.25) is 0 Å². The molecule has 1 amide bonds. The summed E-state index contributed by atoms with van der Waals surface area (Å²) in [5, 5.41) is 10.9. The third-order valence-corrected chi connectivity index (χ3v) is 3.42. The van der Waals surface area contributed by atoms with Crippen LogP contribution in [0.1, 0.15) is 17.5 Å².